The molecule has 0 fully saturated rings. The number of allylic oxidation sites excluding steroid dienone is 2. The van der Waals surface area contributed by atoms with Crippen molar-refractivity contribution in [1.82, 2.24) is 0 Å². The summed E-state index contributed by atoms with van der Waals surface area (Å²) in [5.74, 6) is -6.26. The van der Waals surface area contributed by atoms with Crippen LogP contribution in [-0.4, -0.2) is 45.0 Å². The summed E-state index contributed by atoms with van der Waals surface area (Å²) < 4.78 is 61.8. The Morgan fingerprint density at radius 2 is 0.913 bits per heavy atom. The zero-order valence-electron chi connectivity index (χ0n) is 21.6. The average Bonchev–Trinajstić information content (AvgIpc) is 2.98. The largest absolute Gasteiger partial charge is 0.401 e. The molecule has 0 saturated carbocycles. The van der Waals surface area contributed by atoms with E-state index < -0.39 is 103 Å². The molecule has 2 aromatic rings. The van der Waals surface area contributed by atoms with Gasteiger partial charge in [-0.1, -0.05) is 65.4 Å². The summed E-state index contributed by atoms with van der Waals surface area (Å²) in [6.07, 6.45) is 0. The number of Topliss-reactive ketones (excluding diaryl/α,β-unsaturated/α-hetero) is 4. The summed E-state index contributed by atoms with van der Waals surface area (Å²) in [5, 5.41) is 10.8. The smallest absolute Gasteiger partial charge is 0.389 e. The molecule has 0 spiro atoms. The molecule has 0 radical (unpaired) electrons. The lowest BCUT2D eigenvalue weighted by Gasteiger charge is -2.20. The Morgan fingerprint density at radius 3 is 1.24 bits per heavy atom. The van der Waals surface area contributed by atoms with Gasteiger partial charge in [0.2, 0.25) is 23.1 Å². The van der Waals surface area contributed by atoms with E-state index in [4.69, 9.17) is 22.1 Å². The second kappa shape index (κ2) is 11.9. The lowest BCUT2D eigenvalue weighted by atomic mass is 9.92. The minimum atomic E-state index is -5.83. The molecule has 228 valence electrons. The number of fused-ring (bicyclic) bond motifs is 2. The van der Waals surface area contributed by atoms with E-state index in [1.807, 2.05) is 0 Å². The second-order valence-electron chi connectivity index (χ2n) is 8.12. The van der Waals surface area contributed by atoms with Gasteiger partial charge in [-0.3, -0.25) is 19.2 Å². The molecule has 0 amide bonds. The van der Waals surface area contributed by atoms with E-state index in [0.29, 0.717) is 0 Å². The number of hydrogen-bond acceptors (Lipinski definition) is 14. The molecular formula is C20H6N14O10S2. The van der Waals surface area contributed by atoms with Crippen LogP contribution in [0.5, 0.6) is 0 Å². The number of carbonyl (C=O) groups excluding carboxylic acids is 4. The molecule has 2 aliphatic rings. The van der Waals surface area contributed by atoms with Gasteiger partial charge in [-0.15, -0.1) is 0 Å². The van der Waals surface area contributed by atoms with Crippen LogP contribution < -0.4 is 0 Å². The third-order valence-corrected chi connectivity index (χ3v) is 8.16. The van der Waals surface area contributed by atoms with Crippen LogP contribution in [0, 0.1) is 0 Å². The van der Waals surface area contributed by atoms with Gasteiger partial charge >= 0.3 is 20.2 Å². The van der Waals surface area contributed by atoms with Crippen LogP contribution in [0.4, 0.5) is 11.4 Å². The highest BCUT2D eigenvalue weighted by Crippen LogP contribution is 2.43. The van der Waals surface area contributed by atoms with Crippen molar-refractivity contribution in [2.45, 2.75) is 0 Å². The van der Waals surface area contributed by atoms with E-state index in [1.165, 1.54) is 0 Å². The SMILES string of the molecule is [N-]=[N+]=NC1=C(S(=O)(=O)O[N+](=[N-])OS(=O)(=O)C2=C(N=[N+]=[N-])C(=O)C(=O)c3cccc(N=[N+]=[N-])c32)c2c(N=[N+]=[N-])cccc2C(=O)C1=O. The summed E-state index contributed by atoms with van der Waals surface area (Å²) in [4.78, 5) is 57.0. The molecule has 26 heteroatoms. The molecule has 0 aromatic heterocycles. The second-order valence-corrected chi connectivity index (χ2v) is 11.1. The Labute approximate surface area is 251 Å². The van der Waals surface area contributed by atoms with Gasteiger partial charge in [-0.05, 0) is 22.1 Å². The zero-order chi connectivity index (χ0) is 34.0. The van der Waals surface area contributed by atoms with Gasteiger partial charge in [0.15, 0.2) is 5.02 Å². The zero-order valence-corrected chi connectivity index (χ0v) is 23.3. The Balaban J connectivity index is 1.89. The predicted octanol–water partition coefficient (Wildman–Crippen LogP) is 4.32. The molecule has 0 saturated heterocycles. The highest BCUT2D eigenvalue weighted by atomic mass is 32.2. The number of carbonyl (C=O) groups is 4. The molecular weight excluding hydrogens is 660 g/mol. The third kappa shape index (κ3) is 5.29. The van der Waals surface area contributed by atoms with Gasteiger partial charge in [0, 0.05) is 53.3 Å². The molecule has 0 N–H and O–H groups in total. The van der Waals surface area contributed by atoms with Crippen LogP contribution in [-0.2, 0) is 38.4 Å². The van der Waals surface area contributed by atoms with Crippen LogP contribution in [0.15, 0.2) is 68.2 Å². The van der Waals surface area contributed by atoms with Crippen LogP contribution in [0.2, 0.25) is 0 Å². The number of ketones is 4. The minimum absolute atomic E-state index is 0.636. The summed E-state index contributed by atoms with van der Waals surface area (Å²) >= 11 is 0. The van der Waals surface area contributed by atoms with Crippen molar-refractivity contribution in [3.8, 4) is 0 Å². The lowest BCUT2D eigenvalue weighted by Crippen LogP contribution is -2.30. The predicted molar refractivity (Wildman–Crippen MR) is 145 cm³/mol. The van der Waals surface area contributed by atoms with Crippen molar-refractivity contribution in [2.24, 2.45) is 20.5 Å². The number of rotatable bonds is 10. The molecule has 2 aromatic carbocycles. The maximum Gasteiger partial charge on any atom is 0.401 e. The van der Waals surface area contributed by atoms with E-state index in [1.54, 1.807) is 0 Å². The van der Waals surface area contributed by atoms with Gasteiger partial charge in [-0.25, -0.2) is 0 Å². The van der Waals surface area contributed by atoms with Crippen molar-refractivity contribution >= 4 is 64.6 Å². The number of nitrogens with zero attached hydrogens (tertiary/aromatic N) is 14. The van der Waals surface area contributed by atoms with Crippen LogP contribution in [0.3, 0.4) is 0 Å². The van der Waals surface area contributed by atoms with Crippen LogP contribution >= 0.6 is 0 Å². The molecule has 0 heterocycles. The summed E-state index contributed by atoms with van der Waals surface area (Å²) in [5.41, 5.74) is 38.5. The summed E-state index contributed by atoms with van der Waals surface area (Å²) in [6.45, 7) is 0. The molecule has 0 aliphatic heterocycles. The normalized spacial score (nSPS) is 14.1. The quantitative estimate of drug-likeness (QED) is 0.113. The fourth-order valence-corrected chi connectivity index (χ4v) is 6.37. The van der Waals surface area contributed by atoms with E-state index in [0.717, 1.165) is 36.4 Å². The molecule has 4 rings (SSSR count). The van der Waals surface area contributed by atoms with Crippen molar-refractivity contribution in [3.05, 3.63) is 117 Å². The lowest BCUT2D eigenvalue weighted by molar-refractivity contribution is -0.923. The Bertz CT molecular complexity index is 2190. The molecule has 2 aliphatic carbocycles. The molecule has 46 heavy (non-hydrogen) atoms. The van der Waals surface area contributed by atoms with Crippen LogP contribution in [0.1, 0.15) is 31.8 Å². The van der Waals surface area contributed by atoms with E-state index in [-0.39, 0.29) is 0 Å². The van der Waals surface area contributed by atoms with Crippen molar-refractivity contribution in [2.75, 3.05) is 0 Å². The van der Waals surface area contributed by atoms with E-state index in [2.05, 4.69) is 48.7 Å². The first-order chi connectivity index (χ1) is 21.7. The van der Waals surface area contributed by atoms with Crippen molar-refractivity contribution in [1.29, 1.82) is 0 Å². The van der Waals surface area contributed by atoms with Crippen molar-refractivity contribution in [3.63, 3.8) is 0 Å². The summed E-state index contributed by atoms with van der Waals surface area (Å²) in [7, 11) is -11.7. The van der Waals surface area contributed by atoms with Gasteiger partial charge in [0.25, 0.3) is 0 Å². The highest BCUT2D eigenvalue weighted by molar-refractivity contribution is 7.96. The highest BCUT2D eigenvalue weighted by Gasteiger charge is 2.45. The monoisotopic (exact) mass is 666 g/mol. The van der Waals surface area contributed by atoms with E-state index in [9.17, 15) is 41.5 Å². The van der Waals surface area contributed by atoms with Gasteiger partial charge < -0.3 is 5.53 Å². The molecule has 0 atom stereocenters. The van der Waals surface area contributed by atoms with Gasteiger partial charge in [0.05, 0.1) is 0 Å². The maximum atomic E-state index is 13.3. The fourth-order valence-electron chi connectivity index (χ4n) is 4.11. The Kier molecular flexibility index (Phi) is 8.25. The molecule has 0 bridgehead atoms. The Morgan fingerprint density at radius 1 is 0.565 bits per heavy atom. The number of azide groups is 4. The van der Waals surface area contributed by atoms with Crippen LogP contribution in [0.25, 0.3) is 57.1 Å². The Hall–Kier alpha value is -7.06. The average molecular weight is 666 g/mol. The molecule has 0 unspecified atom stereocenters. The van der Waals surface area contributed by atoms with E-state index >= 15 is 0 Å². The standard InChI is InChI=1S/C20H6N14O10S2/c21-30-26-9-5-1-3-7-11(9)19(13(28-32-23)17(37)15(7)35)45(39,40)43-34(25)44-46(41,42)20-12-8(4-2-6-10(12)27-31-22)16(36)18(38)14(20)29-33-24/h1-6H. The maximum absolute atomic E-state index is 13.3. The first-order valence-electron chi connectivity index (χ1n) is 11.3. The minimum Gasteiger partial charge on any atom is -0.389 e. The van der Waals surface area contributed by atoms with Crippen molar-refractivity contribution < 1.29 is 49.6 Å². The first-order valence-corrected chi connectivity index (χ1v) is 14.1. The van der Waals surface area contributed by atoms with Gasteiger partial charge in [0.1, 0.15) is 21.2 Å². The summed E-state index contributed by atoms with van der Waals surface area (Å²) in [6, 6.07) is 5.92. The third-order valence-electron chi connectivity index (χ3n) is 5.72. The molecule has 24 nitrogen and oxygen atoms in total. The number of benzene rings is 2. The first kappa shape index (κ1) is 31.9. The number of hydrogen-bond donors (Lipinski definition) is 0. The van der Waals surface area contributed by atoms with Gasteiger partial charge in [-0.2, -0.15) is 16.8 Å². The fraction of sp³-hybridized carbons (Fsp3) is 0. The topological polar surface area (TPSA) is 375 Å².